The molecule has 1 aromatic carbocycles. The maximum absolute atomic E-state index is 9.10. The minimum Gasteiger partial charge on any atom is -0.497 e. The van der Waals surface area contributed by atoms with Crippen molar-refractivity contribution in [2.75, 3.05) is 12.4 Å². The first-order valence-corrected chi connectivity index (χ1v) is 6.50. The summed E-state index contributed by atoms with van der Waals surface area (Å²) in [7, 11) is 1.62. The highest BCUT2D eigenvalue weighted by Crippen LogP contribution is 2.27. The summed E-state index contributed by atoms with van der Waals surface area (Å²) in [6.07, 6.45) is 0. The van der Waals surface area contributed by atoms with Crippen LogP contribution in [-0.4, -0.2) is 7.11 Å². The highest BCUT2D eigenvalue weighted by atomic mass is 32.1. The van der Waals surface area contributed by atoms with Gasteiger partial charge in [0, 0.05) is 10.9 Å². The minimum absolute atomic E-state index is 0.171. The first kappa shape index (κ1) is 12.5. The topological polar surface area (TPSA) is 45.0 Å². The molecular formula is C14H14N2OS. The smallest absolute Gasteiger partial charge is 0.121 e. The standard InChI is InChI=1S/C14H14N2OS/c1-10(14-4-3-7-18-14)16-13-8-12(17-2)6-5-11(13)9-15/h3-8,10,16H,1-2H3. The summed E-state index contributed by atoms with van der Waals surface area (Å²) in [5.74, 6) is 0.745. The average Bonchev–Trinajstić information content (AvgIpc) is 2.92. The largest absolute Gasteiger partial charge is 0.497 e. The molecule has 0 bridgehead atoms. The Bertz CT molecular complexity index is 558. The number of thiophene rings is 1. The van der Waals surface area contributed by atoms with Crippen molar-refractivity contribution in [2.24, 2.45) is 0 Å². The normalized spacial score (nSPS) is 11.6. The molecule has 2 aromatic rings. The van der Waals surface area contributed by atoms with Crippen molar-refractivity contribution in [1.82, 2.24) is 0 Å². The van der Waals surface area contributed by atoms with Gasteiger partial charge >= 0.3 is 0 Å². The molecule has 1 atom stereocenters. The molecule has 0 aliphatic carbocycles. The van der Waals surface area contributed by atoms with E-state index in [0.29, 0.717) is 5.56 Å². The predicted octanol–water partition coefficient (Wildman–Crippen LogP) is 3.80. The van der Waals surface area contributed by atoms with Crippen LogP contribution in [0, 0.1) is 11.3 Å². The van der Waals surface area contributed by atoms with Gasteiger partial charge in [-0.05, 0) is 30.5 Å². The number of anilines is 1. The van der Waals surface area contributed by atoms with E-state index < -0.39 is 0 Å². The molecule has 1 unspecified atom stereocenters. The molecule has 0 amide bonds. The molecule has 4 heteroatoms. The highest BCUT2D eigenvalue weighted by molar-refractivity contribution is 7.10. The van der Waals surface area contributed by atoms with Gasteiger partial charge in [0.1, 0.15) is 11.8 Å². The SMILES string of the molecule is COc1ccc(C#N)c(NC(C)c2cccs2)c1. The monoisotopic (exact) mass is 258 g/mol. The molecule has 0 radical (unpaired) electrons. The van der Waals surface area contributed by atoms with Gasteiger partial charge in [0.2, 0.25) is 0 Å². The van der Waals surface area contributed by atoms with Crippen molar-refractivity contribution in [3.8, 4) is 11.8 Å². The third kappa shape index (κ3) is 2.63. The third-order valence-electron chi connectivity index (χ3n) is 2.69. The van der Waals surface area contributed by atoms with Crippen LogP contribution in [0.5, 0.6) is 5.75 Å². The summed E-state index contributed by atoms with van der Waals surface area (Å²) in [6.45, 7) is 2.08. The summed E-state index contributed by atoms with van der Waals surface area (Å²) in [5, 5.41) is 14.5. The van der Waals surface area contributed by atoms with Crippen LogP contribution in [0.25, 0.3) is 0 Å². The lowest BCUT2D eigenvalue weighted by atomic mass is 10.1. The lowest BCUT2D eigenvalue weighted by Gasteiger charge is -2.15. The molecule has 1 N–H and O–H groups in total. The number of rotatable bonds is 4. The molecule has 3 nitrogen and oxygen atoms in total. The van der Waals surface area contributed by atoms with Gasteiger partial charge in [-0.2, -0.15) is 5.26 Å². The first-order valence-electron chi connectivity index (χ1n) is 5.62. The van der Waals surface area contributed by atoms with Crippen LogP contribution < -0.4 is 10.1 Å². The van der Waals surface area contributed by atoms with Gasteiger partial charge in [-0.1, -0.05) is 6.07 Å². The summed E-state index contributed by atoms with van der Waals surface area (Å²) < 4.78 is 5.18. The number of hydrogen-bond acceptors (Lipinski definition) is 4. The summed E-state index contributed by atoms with van der Waals surface area (Å²) in [5.41, 5.74) is 1.43. The van der Waals surface area contributed by atoms with Crippen LogP contribution in [0.15, 0.2) is 35.7 Å². The zero-order valence-electron chi connectivity index (χ0n) is 10.3. The van der Waals surface area contributed by atoms with Crippen molar-refractivity contribution in [1.29, 1.82) is 5.26 Å². The Labute approximate surface area is 111 Å². The van der Waals surface area contributed by atoms with E-state index in [1.165, 1.54) is 4.88 Å². The van der Waals surface area contributed by atoms with E-state index in [-0.39, 0.29) is 6.04 Å². The van der Waals surface area contributed by atoms with Gasteiger partial charge in [-0.25, -0.2) is 0 Å². The lowest BCUT2D eigenvalue weighted by molar-refractivity contribution is 0.415. The molecule has 18 heavy (non-hydrogen) atoms. The van der Waals surface area contributed by atoms with Crippen LogP contribution in [0.3, 0.4) is 0 Å². The average molecular weight is 258 g/mol. The van der Waals surface area contributed by atoms with E-state index in [1.54, 1.807) is 30.6 Å². The lowest BCUT2D eigenvalue weighted by Crippen LogP contribution is -2.06. The summed E-state index contributed by atoms with van der Waals surface area (Å²) in [4.78, 5) is 1.24. The molecule has 2 rings (SSSR count). The Kier molecular flexibility index (Phi) is 3.85. The van der Waals surface area contributed by atoms with Crippen molar-refractivity contribution >= 4 is 17.0 Å². The quantitative estimate of drug-likeness (QED) is 0.907. The predicted molar refractivity (Wildman–Crippen MR) is 74.1 cm³/mol. The second-order valence-electron chi connectivity index (χ2n) is 3.90. The number of methoxy groups -OCH3 is 1. The van der Waals surface area contributed by atoms with Crippen LogP contribution in [0.4, 0.5) is 5.69 Å². The zero-order valence-corrected chi connectivity index (χ0v) is 11.1. The van der Waals surface area contributed by atoms with Gasteiger partial charge in [-0.3, -0.25) is 0 Å². The fourth-order valence-corrected chi connectivity index (χ4v) is 2.44. The van der Waals surface area contributed by atoms with Crippen molar-refractivity contribution in [3.63, 3.8) is 0 Å². The third-order valence-corrected chi connectivity index (χ3v) is 3.74. The van der Waals surface area contributed by atoms with Crippen molar-refractivity contribution in [3.05, 3.63) is 46.2 Å². The molecule has 0 fully saturated rings. The molecule has 0 saturated heterocycles. The minimum atomic E-state index is 0.171. The van der Waals surface area contributed by atoms with Crippen LogP contribution in [0.2, 0.25) is 0 Å². The number of hydrogen-bond donors (Lipinski definition) is 1. The maximum atomic E-state index is 9.10. The second kappa shape index (κ2) is 5.56. The van der Waals surface area contributed by atoms with Crippen molar-refractivity contribution < 1.29 is 4.74 Å². The number of nitrogens with one attached hydrogen (secondary N) is 1. The number of nitriles is 1. The van der Waals surface area contributed by atoms with Gasteiger partial charge in [0.25, 0.3) is 0 Å². The number of ether oxygens (including phenoxy) is 1. The molecular weight excluding hydrogens is 244 g/mol. The number of benzene rings is 1. The van der Waals surface area contributed by atoms with E-state index in [4.69, 9.17) is 10.00 Å². The van der Waals surface area contributed by atoms with Crippen LogP contribution >= 0.6 is 11.3 Å². The zero-order chi connectivity index (χ0) is 13.0. The molecule has 1 heterocycles. The fraction of sp³-hybridized carbons (Fsp3) is 0.214. The molecule has 0 aliphatic heterocycles. The van der Waals surface area contributed by atoms with Crippen molar-refractivity contribution in [2.45, 2.75) is 13.0 Å². The Morgan fingerprint density at radius 1 is 1.39 bits per heavy atom. The highest BCUT2D eigenvalue weighted by Gasteiger charge is 2.10. The Morgan fingerprint density at radius 3 is 2.83 bits per heavy atom. The van der Waals surface area contributed by atoms with Gasteiger partial charge in [0.05, 0.1) is 24.4 Å². The van der Waals surface area contributed by atoms with Gasteiger partial charge < -0.3 is 10.1 Å². The molecule has 0 saturated carbocycles. The summed E-state index contributed by atoms with van der Waals surface area (Å²) >= 11 is 1.70. The van der Waals surface area contributed by atoms with Crippen LogP contribution in [0.1, 0.15) is 23.4 Å². The molecule has 1 aromatic heterocycles. The maximum Gasteiger partial charge on any atom is 0.121 e. The van der Waals surface area contributed by atoms with E-state index in [0.717, 1.165) is 11.4 Å². The van der Waals surface area contributed by atoms with Crippen LogP contribution in [-0.2, 0) is 0 Å². The number of nitrogens with zero attached hydrogens (tertiary/aromatic N) is 1. The molecule has 92 valence electrons. The van der Waals surface area contributed by atoms with E-state index in [2.05, 4.69) is 24.4 Å². The second-order valence-corrected chi connectivity index (χ2v) is 4.88. The summed E-state index contributed by atoms with van der Waals surface area (Å²) in [6, 6.07) is 11.9. The van der Waals surface area contributed by atoms with Gasteiger partial charge in [-0.15, -0.1) is 11.3 Å². The molecule has 0 aliphatic rings. The van der Waals surface area contributed by atoms with Gasteiger partial charge in [0.15, 0.2) is 0 Å². The Balaban J connectivity index is 2.25. The van der Waals surface area contributed by atoms with E-state index in [9.17, 15) is 0 Å². The Hall–Kier alpha value is -1.99. The first-order chi connectivity index (χ1) is 8.74. The fourth-order valence-electron chi connectivity index (χ4n) is 1.71. The van der Waals surface area contributed by atoms with E-state index in [1.807, 2.05) is 17.5 Å². The molecule has 0 spiro atoms. The Morgan fingerprint density at radius 2 is 2.22 bits per heavy atom. The van der Waals surface area contributed by atoms with E-state index >= 15 is 0 Å².